The van der Waals surface area contributed by atoms with E-state index in [1.165, 1.54) is 4.90 Å². The van der Waals surface area contributed by atoms with Crippen LogP contribution in [-0.4, -0.2) is 154 Å². The van der Waals surface area contributed by atoms with Crippen LogP contribution >= 0.6 is 23.5 Å². The van der Waals surface area contributed by atoms with Crippen LogP contribution < -0.4 is 38.6 Å². The molecule has 6 heterocycles. The van der Waals surface area contributed by atoms with Crippen molar-refractivity contribution in [1.29, 1.82) is 0 Å². The van der Waals surface area contributed by atoms with Gasteiger partial charge in [-0.15, -0.1) is 5.06 Å². The van der Waals surface area contributed by atoms with Gasteiger partial charge in [0.05, 0.1) is 57.4 Å². The van der Waals surface area contributed by atoms with Crippen molar-refractivity contribution in [2.45, 2.75) is 125 Å². The van der Waals surface area contributed by atoms with Crippen LogP contribution in [0.2, 0.25) is 0 Å². The average Bonchev–Trinajstić information content (AvgIpc) is 4.03. The molecular formula is C36H58ClN9O11S2. The molecule has 0 aromatic rings. The second kappa shape index (κ2) is 27.0. The Hall–Kier alpha value is -3.95. The lowest BCUT2D eigenvalue weighted by atomic mass is 10.0. The first-order chi connectivity index (χ1) is 27.7. The lowest BCUT2D eigenvalue weighted by molar-refractivity contribution is -0.858. The fraction of sp³-hybridized carbons (Fsp3) is 0.750. The maximum atomic E-state index is 11.7. The average molecular weight is 892 g/mol. The van der Waals surface area contributed by atoms with Crippen LogP contribution in [0, 0.1) is 0 Å². The molecule has 0 spiro atoms. The predicted molar refractivity (Wildman–Crippen MR) is 213 cm³/mol. The first-order valence-corrected chi connectivity index (χ1v) is 21.9. The van der Waals surface area contributed by atoms with Crippen molar-refractivity contribution in [3.05, 3.63) is 0 Å². The highest BCUT2D eigenvalue weighted by Gasteiger charge is 2.43. The van der Waals surface area contributed by atoms with E-state index in [1.54, 1.807) is 0 Å². The molecule has 6 aliphatic rings. The van der Waals surface area contributed by atoms with E-state index >= 15 is 0 Å². The van der Waals surface area contributed by atoms with Gasteiger partial charge in [-0.25, -0.2) is 24.4 Å². The van der Waals surface area contributed by atoms with Gasteiger partial charge in [0.2, 0.25) is 0 Å². The zero-order valence-corrected chi connectivity index (χ0v) is 36.1. The number of nitrogens with one attached hydrogen (secondary N) is 5. The Kier molecular flexibility index (Phi) is 23.4. The summed E-state index contributed by atoms with van der Waals surface area (Å²) >= 11 is 3.70. The molecule has 0 radical (unpaired) electrons. The fourth-order valence-electron chi connectivity index (χ4n) is 6.58. The monoisotopic (exact) mass is 891 g/mol. The molecule has 6 atom stereocenters. The molecule has 0 unspecified atom stereocenters. The molecule has 0 aromatic carbocycles. The van der Waals surface area contributed by atoms with Crippen molar-refractivity contribution < 1.29 is 70.8 Å². The number of hydrogen-bond acceptors (Lipinski definition) is 14. The standard InChI is InChI=1S/C14H19N3O5S.C10H16N2O3S.C8H17N3.C4H5NO3.ClH/c18-10-5-6-11(19)17(10)22-12(20)4-2-1-3-9-13-8(7-23-9)15-14(21)16-13;13-8(14)4-2-1-3-7-9-6(5-16-7)11-10(15)12-9;1-4-9-8-10-6-5-7-11(2)3;6-3-1-2-4(7)5(3)8;/h8-9,13H,1-7H2,(H2,15,16,21);6-7,9H,1-5H2,(H,13,14)(H2,11,12,15);4-7H2,1-3H3;8H,1-2H2;1H/t8-,9-,13-;6-,7-,9-;;;/m00.../s1. The molecule has 332 valence electrons. The quantitative estimate of drug-likeness (QED) is 0.0275. The smallest absolute Gasteiger partial charge is 0.333 e. The van der Waals surface area contributed by atoms with E-state index in [0.717, 1.165) is 69.7 Å². The van der Waals surface area contributed by atoms with Crippen LogP contribution in [0.3, 0.4) is 0 Å². The highest BCUT2D eigenvalue weighted by atomic mass is 35.5. The van der Waals surface area contributed by atoms with Crippen molar-refractivity contribution >= 4 is 77.2 Å². The number of unbranched alkanes of at least 4 members (excludes halogenated alkanes) is 2. The zero-order valence-electron chi connectivity index (χ0n) is 33.7. The number of urea groups is 2. The topological polar surface area (TPSA) is 270 Å². The lowest BCUT2D eigenvalue weighted by Crippen LogP contribution is -3.05. The highest BCUT2D eigenvalue weighted by molar-refractivity contribution is 8.00. The molecular weight excluding hydrogens is 834 g/mol. The molecule has 59 heavy (non-hydrogen) atoms. The Balaban J connectivity index is 0.000000291. The summed E-state index contributed by atoms with van der Waals surface area (Å²) in [6.45, 7) is 4.78. The normalized spacial score (nSPS) is 24.7. The van der Waals surface area contributed by atoms with E-state index in [-0.39, 0.29) is 92.2 Å². The molecule has 23 heteroatoms. The maximum Gasteiger partial charge on any atom is 0.333 e. The summed E-state index contributed by atoms with van der Waals surface area (Å²) in [7, 11) is 4.29. The van der Waals surface area contributed by atoms with Crippen LogP contribution in [0.15, 0.2) is 9.98 Å². The van der Waals surface area contributed by atoms with E-state index in [9.17, 15) is 38.4 Å². The summed E-state index contributed by atoms with van der Waals surface area (Å²) in [5, 5.41) is 30.1. The van der Waals surface area contributed by atoms with Crippen LogP contribution in [0.25, 0.3) is 0 Å². The summed E-state index contributed by atoms with van der Waals surface area (Å²) in [4.78, 5) is 102. The number of hydroxylamine groups is 4. The Morgan fingerprint density at radius 1 is 0.763 bits per heavy atom. The number of aliphatic carboxylic acids is 1. The van der Waals surface area contributed by atoms with Crippen LogP contribution in [-0.2, 0) is 33.6 Å². The van der Waals surface area contributed by atoms with Gasteiger partial charge in [-0.1, -0.05) is 12.8 Å². The molecule has 20 nitrogen and oxygen atoms in total. The Labute approximate surface area is 358 Å². The molecule has 6 rings (SSSR count). The number of quaternary nitrogens is 1. The van der Waals surface area contributed by atoms with E-state index < -0.39 is 35.6 Å². The number of carbonyl (C=O) groups is 8. The molecule has 6 saturated heterocycles. The van der Waals surface area contributed by atoms with Gasteiger partial charge in [-0.05, 0) is 32.6 Å². The number of nitrogens with zero attached hydrogens (tertiary/aromatic N) is 4. The van der Waals surface area contributed by atoms with Crippen LogP contribution in [0.1, 0.15) is 90.4 Å². The first kappa shape index (κ1) is 51.2. The number of fused-ring (bicyclic) bond motifs is 2. The summed E-state index contributed by atoms with van der Waals surface area (Å²) in [6.07, 6.45) is 7.04. The first-order valence-electron chi connectivity index (χ1n) is 19.8. The molecule has 0 aliphatic carbocycles. The van der Waals surface area contributed by atoms with Crippen LogP contribution in [0.5, 0.6) is 0 Å². The number of rotatable bonds is 16. The van der Waals surface area contributed by atoms with Gasteiger partial charge in [0.15, 0.2) is 0 Å². The Bertz CT molecular complexity index is 1510. The van der Waals surface area contributed by atoms with Gasteiger partial charge in [0, 0.05) is 73.5 Å². The third-order valence-electron chi connectivity index (χ3n) is 9.60. The number of thioether (sulfide) groups is 2. The molecule has 6 aliphatic heterocycles. The van der Waals surface area contributed by atoms with E-state index in [0.29, 0.717) is 22.0 Å². The lowest BCUT2D eigenvalue weighted by Gasteiger charge is -2.16. The van der Waals surface area contributed by atoms with E-state index in [1.807, 2.05) is 30.4 Å². The maximum absolute atomic E-state index is 11.7. The predicted octanol–water partition coefficient (Wildman–Crippen LogP) is -2.64. The number of aliphatic imine (C=N–C) groups is 2. The van der Waals surface area contributed by atoms with Crippen molar-refractivity contribution in [2.75, 3.05) is 45.2 Å². The molecule has 8 amide bonds. The van der Waals surface area contributed by atoms with Crippen molar-refractivity contribution in [1.82, 2.24) is 31.4 Å². The minimum atomic E-state index is -0.729. The molecule has 0 saturated carbocycles. The molecule has 6 fully saturated rings. The molecule has 7 N–H and O–H groups in total. The Morgan fingerprint density at radius 2 is 1.25 bits per heavy atom. The summed E-state index contributed by atoms with van der Waals surface area (Å²) in [5.41, 5.74) is 0. The molecule has 0 aromatic heterocycles. The minimum Gasteiger partial charge on any atom is -1.00 e. The summed E-state index contributed by atoms with van der Waals surface area (Å²) in [5.74, 6) is -1.33. The van der Waals surface area contributed by atoms with Crippen LogP contribution in [0.4, 0.5) is 9.59 Å². The zero-order chi connectivity index (χ0) is 42.6. The number of amides is 8. The van der Waals surface area contributed by atoms with E-state index in [2.05, 4.69) is 51.4 Å². The molecule has 0 bridgehead atoms. The number of imide groups is 2. The van der Waals surface area contributed by atoms with Gasteiger partial charge < -0.3 is 48.5 Å². The van der Waals surface area contributed by atoms with Crippen molar-refractivity contribution in [3.8, 4) is 0 Å². The van der Waals surface area contributed by atoms with Gasteiger partial charge >= 0.3 is 24.0 Å². The van der Waals surface area contributed by atoms with Crippen molar-refractivity contribution in [3.63, 3.8) is 0 Å². The number of carbonyl (C=O) groups excluding carboxylic acids is 7. The number of carboxylic acid groups (broad SMARTS) is 1. The second-order valence-electron chi connectivity index (χ2n) is 14.5. The van der Waals surface area contributed by atoms with Gasteiger partial charge in [-0.2, -0.15) is 28.6 Å². The third-order valence-corrected chi connectivity index (χ3v) is 12.6. The second-order valence-corrected chi connectivity index (χ2v) is 17.1. The highest BCUT2D eigenvalue weighted by Crippen LogP contribution is 2.34. The van der Waals surface area contributed by atoms with Gasteiger partial charge in [0.1, 0.15) is 0 Å². The summed E-state index contributed by atoms with van der Waals surface area (Å²) in [6, 6.07) is 3.36. The Morgan fingerprint density at radius 3 is 1.69 bits per heavy atom. The fourth-order valence-corrected chi connectivity index (χ4v) is 9.66. The SMILES string of the molecule is CCN=C=NCCC[NH+](C)C.O=C(O)CCCC[C@@H]1SC[C@@H]2NC(=O)N[C@@H]21.O=C1CCC(=O)N1O.O=C1N[C@H]2[C@H](CS[C@H]2CCCCC(=O)ON2C(=O)CCC2=O)N1.[Cl-]. The minimum absolute atomic E-state index is 0. The number of hydrogen-bond donors (Lipinski definition) is 7. The van der Waals surface area contributed by atoms with E-state index in [4.69, 9.17) is 15.2 Å². The summed E-state index contributed by atoms with van der Waals surface area (Å²) < 4.78 is 0. The van der Waals surface area contributed by atoms with Gasteiger partial charge in [-0.3, -0.25) is 29.2 Å². The number of halogens is 1. The third kappa shape index (κ3) is 18.1. The van der Waals surface area contributed by atoms with Gasteiger partial charge in [0.25, 0.3) is 23.6 Å². The largest absolute Gasteiger partial charge is 1.00 e. The number of carboxylic acids is 1. The van der Waals surface area contributed by atoms with Crippen molar-refractivity contribution in [2.24, 2.45) is 9.98 Å².